The van der Waals surface area contributed by atoms with E-state index < -0.39 is 0 Å². The van der Waals surface area contributed by atoms with Gasteiger partial charge >= 0.3 is 0 Å². The Labute approximate surface area is 191 Å². The molecule has 2 aromatic carbocycles. The minimum absolute atomic E-state index is 0.192. The average Bonchev–Trinajstić information content (AvgIpc) is 3.66. The standard InChI is InChI=1S/C25H25N5OS/c1-3-20(26-13-1)24-29-23(30-31-24)19-11-7-17(8-12-19)16-5-9-18(10-6-16)22-15-32-25(28-22)21-4-2-14-27-21/h5-12,15,20-21,26-27H,1-4,13-14H2/t20-,21-/m0/s1. The smallest absolute Gasteiger partial charge is 0.244 e. The van der Waals surface area contributed by atoms with Gasteiger partial charge in [-0.15, -0.1) is 11.3 Å². The number of aromatic nitrogens is 3. The summed E-state index contributed by atoms with van der Waals surface area (Å²) in [6.45, 7) is 2.11. The molecule has 0 aliphatic carbocycles. The van der Waals surface area contributed by atoms with Crippen LogP contribution in [-0.4, -0.2) is 28.2 Å². The molecule has 162 valence electrons. The lowest BCUT2D eigenvalue weighted by atomic mass is 10.0. The molecule has 4 heterocycles. The molecular weight excluding hydrogens is 418 g/mol. The number of thiazole rings is 1. The van der Waals surface area contributed by atoms with Gasteiger partial charge in [0, 0.05) is 16.5 Å². The third-order valence-electron chi connectivity index (χ3n) is 6.34. The van der Waals surface area contributed by atoms with Crippen LogP contribution in [-0.2, 0) is 0 Å². The first-order chi connectivity index (χ1) is 15.8. The van der Waals surface area contributed by atoms with Gasteiger partial charge in [-0.05, 0) is 49.9 Å². The van der Waals surface area contributed by atoms with Crippen molar-refractivity contribution in [1.29, 1.82) is 0 Å². The lowest BCUT2D eigenvalue weighted by Gasteiger charge is -2.05. The van der Waals surface area contributed by atoms with Crippen LogP contribution in [0.5, 0.6) is 0 Å². The van der Waals surface area contributed by atoms with Crippen molar-refractivity contribution >= 4 is 11.3 Å². The van der Waals surface area contributed by atoms with Crippen molar-refractivity contribution in [3.63, 3.8) is 0 Å². The van der Waals surface area contributed by atoms with Crippen molar-refractivity contribution < 1.29 is 4.52 Å². The van der Waals surface area contributed by atoms with E-state index in [-0.39, 0.29) is 6.04 Å². The molecule has 0 radical (unpaired) electrons. The second-order valence-corrected chi connectivity index (χ2v) is 9.37. The van der Waals surface area contributed by atoms with Crippen LogP contribution in [0.2, 0.25) is 0 Å². The van der Waals surface area contributed by atoms with Crippen LogP contribution in [0.3, 0.4) is 0 Å². The summed E-state index contributed by atoms with van der Waals surface area (Å²) in [5, 5.41) is 14.5. The average molecular weight is 444 g/mol. The van der Waals surface area contributed by atoms with Gasteiger partial charge in [-0.25, -0.2) is 4.98 Å². The molecule has 0 amide bonds. The van der Waals surface area contributed by atoms with E-state index in [2.05, 4.69) is 74.7 Å². The molecule has 0 bridgehead atoms. The maximum absolute atomic E-state index is 5.47. The highest BCUT2D eigenvalue weighted by molar-refractivity contribution is 7.10. The Morgan fingerprint density at radius 3 is 2.03 bits per heavy atom. The molecule has 7 heteroatoms. The van der Waals surface area contributed by atoms with Crippen molar-refractivity contribution in [3.8, 4) is 33.8 Å². The fourth-order valence-corrected chi connectivity index (χ4v) is 5.45. The van der Waals surface area contributed by atoms with Crippen LogP contribution in [0.1, 0.15) is 48.7 Å². The lowest BCUT2D eigenvalue weighted by molar-refractivity contribution is 0.345. The molecule has 0 spiro atoms. The first-order valence-corrected chi connectivity index (χ1v) is 12.2. The molecule has 32 heavy (non-hydrogen) atoms. The Hall–Kier alpha value is -2.87. The number of nitrogens with one attached hydrogen (secondary N) is 2. The predicted molar refractivity (Wildman–Crippen MR) is 126 cm³/mol. The van der Waals surface area contributed by atoms with Crippen LogP contribution in [0.25, 0.3) is 33.8 Å². The van der Waals surface area contributed by atoms with Gasteiger partial charge in [-0.2, -0.15) is 4.98 Å². The summed E-state index contributed by atoms with van der Waals surface area (Å²) in [5.41, 5.74) is 5.53. The highest BCUT2D eigenvalue weighted by atomic mass is 32.1. The Balaban J connectivity index is 1.17. The highest BCUT2D eigenvalue weighted by Gasteiger charge is 2.23. The molecule has 4 aromatic rings. The first kappa shape index (κ1) is 19.8. The number of benzene rings is 2. The highest BCUT2D eigenvalue weighted by Crippen LogP contribution is 2.31. The zero-order valence-corrected chi connectivity index (χ0v) is 18.6. The van der Waals surface area contributed by atoms with E-state index in [0.717, 1.165) is 48.3 Å². The largest absolute Gasteiger partial charge is 0.337 e. The monoisotopic (exact) mass is 443 g/mol. The van der Waals surface area contributed by atoms with Crippen LogP contribution < -0.4 is 10.6 Å². The van der Waals surface area contributed by atoms with Gasteiger partial charge in [0.05, 0.1) is 17.8 Å². The molecule has 2 aromatic heterocycles. The van der Waals surface area contributed by atoms with E-state index in [1.807, 2.05) is 0 Å². The quantitative estimate of drug-likeness (QED) is 0.432. The Bertz CT molecular complexity index is 1090. The normalized spacial score (nSPS) is 20.8. The lowest BCUT2D eigenvalue weighted by Crippen LogP contribution is -2.12. The third-order valence-corrected chi connectivity index (χ3v) is 7.30. The number of rotatable bonds is 5. The summed E-state index contributed by atoms with van der Waals surface area (Å²) in [7, 11) is 0. The number of nitrogens with zero attached hydrogens (tertiary/aromatic N) is 3. The summed E-state index contributed by atoms with van der Waals surface area (Å²) >= 11 is 1.75. The molecule has 0 unspecified atom stereocenters. The van der Waals surface area contributed by atoms with E-state index in [1.54, 1.807) is 11.3 Å². The van der Waals surface area contributed by atoms with Crippen LogP contribution in [0.15, 0.2) is 58.4 Å². The van der Waals surface area contributed by atoms with Crippen LogP contribution >= 0.6 is 11.3 Å². The van der Waals surface area contributed by atoms with Crippen LogP contribution in [0, 0.1) is 0 Å². The molecule has 2 N–H and O–H groups in total. The Kier molecular flexibility index (Phi) is 5.30. The fraction of sp³-hybridized carbons (Fsp3) is 0.320. The van der Waals surface area contributed by atoms with Crippen molar-refractivity contribution in [3.05, 3.63) is 64.8 Å². The van der Waals surface area contributed by atoms with Gasteiger partial charge in [0.2, 0.25) is 11.7 Å². The van der Waals surface area contributed by atoms with Gasteiger partial charge in [-0.3, -0.25) is 0 Å². The Morgan fingerprint density at radius 1 is 0.750 bits per heavy atom. The van der Waals surface area contributed by atoms with E-state index >= 15 is 0 Å². The second kappa shape index (κ2) is 8.58. The van der Waals surface area contributed by atoms with E-state index in [4.69, 9.17) is 9.51 Å². The minimum Gasteiger partial charge on any atom is -0.337 e. The van der Waals surface area contributed by atoms with Gasteiger partial charge in [-0.1, -0.05) is 53.7 Å². The molecule has 2 aliphatic rings. The summed E-state index contributed by atoms with van der Waals surface area (Å²) in [5.74, 6) is 1.33. The molecule has 0 saturated carbocycles. The molecule has 6 nitrogen and oxygen atoms in total. The fourth-order valence-electron chi connectivity index (χ4n) is 4.51. The molecule has 2 aliphatic heterocycles. The molecule has 2 fully saturated rings. The maximum Gasteiger partial charge on any atom is 0.244 e. The van der Waals surface area contributed by atoms with E-state index in [1.165, 1.54) is 23.4 Å². The minimum atomic E-state index is 0.192. The molecule has 2 atom stereocenters. The van der Waals surface area contributed by atoms with Gasteiger partial charge in [0.1, 0.15) is 5.01 Å². The number of hydrogen-bond donors (Lipinski definition) is 2. The van der Waals surface area contributed by atoms with Crippen molar-refractivity contribution in [2.75, 3.05) is 13.1 Å². The van der Waals surface area contributed by atoms with E-state index in [0.29, 0.717) is 17.8 Å². The third kappa shape index (κ3) is 3.88. The van der Waals surface area contributed by atoms with Crippen LogP contribution in [0.4, 0.5) is 0 Å². The zero-order chi connectivity index (χ0) is 21.3. The SMILES string of the molecule is c1cc(-c2csc([C@@H]3CCCN3)n2)ccc1-c1ccc(-c2noc([C@@H]3CCCN3)n2)cc1. The van der Waals surface area contributed by atoms with Gasteiger partial charge in [0.25, 0.3) is 0 Å². The van der Waals surface area contributed by atoms with E-state index in [9.17, 15) is 0 Å². The van der Waals surface area contributed by atoms with Crippen molar-refractivity contribution in [1.82, 2.24) is 25.8 Å². The topological polar surface area (TPSA) is 75.9 Å². The number of hydrogen-bond acceptors (Lipinski definition) is 7. The summed E-state index contributed by atoms with van der Waals surface area (Å²) in [4.78, 5) is 9.46. The van der Waals surface area contributed by atoms with Gasteiger partial charge in [0.15, 0.2) is 0 Å². The van der Waals surface area contributed by atoms with Crippen molar-refractivity contribution in [2.24, 2.45) is 0 Å². The predicted octanol–water partition coefficient (Wildman–Crippen LogP) is 5.38. The van der Waals surface area contributed by atoms with Gasteiger partial charge < -0.3 is 15.2 Å². The maximum atomic E-state index is 5.47. The summed E-state index contributed by atoms with van der Waals surface area (Å²) < 4.78 is 5.47. The second-order valence-electron chi connectivity index (χ2n) is 8.48. The molecule has 6 rings (SSSR count). The zero-order valence-electron chi connectivity index (χ0n) is 17.8. The summed E-state index contributed by atoms with van der Waals surface area (Å²) in [6, 6.07) is 17.6. The summed E-state index contributed by atoms with van der Waals surface area (Å²) in [6.07, 6.45) is 4.62. The molecule has 2 saturated heterocycles. The first-order valence-electron chi connectivity index (χ1n) is 11.3. The Morgan fingerprint density at radius 2 is 1.38 bits per heavy atom. The van der Waals surface area contributed by atoms with Crippen molar-refractivity contribution in [2.45, 2.75) is 37.8 Å². The molecular formula is C25H25N5OS.